The molecule has 0 aromatic carbocycles. The lowest BCUT2D eigenvalue weighted by Crippen LogP contribution is -2.31. The maximum Gasteiger partial charge on any atom is 0.263 e. The third-order valence-electron chi connectivity index (χ3n) is 3.98. The molecule has 136 valence electrons. The van der Waals surface area contributed by atoms with Gasteiger partial charge >= 0.3 is 0 Å². The number of thiazole rings is 1. The second-order valence-electron chi connectivity index (χ2n) is 5.78. The van der Waals surface area contributed by atoms with Gasteiger partial charge in [-0.3, -0.25) is 9.59 Å². The fourth-order valence-corrected chi connectivity index (χ4v) is 3.58. The molecule has 3 rings (SSSR count). The van der Waals surface area contributed by atoms with E-state index >= 15 is 0 Å². The van der Waals surface area contributed by atoms with Gasteiger partial charge in [0.05, 0.1) is 12.8 Å². The lowest BCUT2D eigenvalue weighted by Gasteiger charge is -2.11. The van der Waals surface area contributed by atoms with Crippen molar-refractivity contribution in [2.45, 2.75) is 20.4 Å². The van der Waals surface area contributed by atoms with Crippen LogP contribution in [0.2, 0.25) is 0 Å². The molecule has 0 unspecified atom stereocenters. The molecule has 3 aromatic heterocycles. The number of ether oxygens (including phenoxy) is 1. The Morgan fingerprint density at radius 2 is 2.00 bits per heavy atom. The van der Waals surface area contributed by atoms with Crippen LogP contribution in [0.3, 0.4) is 0 Å². The number of nitrogens with zero attached hydrogens (tertiary/aromatic N) is 3. The van der Waals surface area contributed by atoms with Gasteiger partial charge in [0, 0.05) is 37.2 Å². The van der Waals surface area contributed by atoms with Gasteiger partial charge in [0.1, 0.15) is 10.6 Å². The molecule has 0 aliphatic carbocycles. The number of aromatic nitrogens is 3. The lowest BCUT2D eigenvalue weighted by molar-refractivity contribution is 0.0955. The Bertz CT molecular complexity index is 973. The van der Waals surface area contributed by atoms with Crippen LogP contribution in [0.15, 0.2) is 41.5 Å². The van der Waals surface area contributed by atoms with E-state index in [0.717, 1.165) is 10.8 Å². The summed E-state index contributed by atoms with van der Waals surface area (Å²) in [7, 11) is 1.53. The van der Waals surface area contributed by atoms with Crippen molar-refractivity contribution >= 4 is 17.2 Å². The van der Waals surface area contributed by atoms with Gasteiger partial charge in [0.2, 0.25) is 0 Å². The van der Waals surface area contributed by atoms with Crippen molar-refractivity contribution in [3.05, 3.63) is 63.3 Å². The first-order valence-corrected chi connectivity index (χ1v) is 8.95. The first kappa shape index (κ1) is 17.9. The van der Waals surface area contributed by atoms with Crippen molar-refractivity contribution in [2.75, 3.05) is 13.7 Å². The molecule has 0 aliphatic heterocycles. The van der Waals surface area contributed by atoms with Gasteiger partial charge in [-0.15, -0.1) is 0 Å². The molecule has 1 N–H and O–H groups in total. The first-order valence-electron chi connectivity index (χ1n) is 8.14. The van der Waals surface area contributed by atoms with Crippen LogP contribution in [0.4, 0.5) is 0 Å². The van der Waals surface area contributed by atoms with Crippen molar-refractivity contribution in [3.8, 4) is 10.9 Å². The molecule has 0 bridgehead atoms. The fraction of sp³-hybridized carbons (Fsp3) is 0.278. The number of hydrogen-bond donors (Lipinski definition) is 1. The lowest BCUT2D eigenvalue weighted by atomic mass is 10.3. The molecular formula is C18H20N4O3S. The van der Waals surface area contributed by atoms with Gasteiger partial charge in [0.25, 0.3) is 11.5 Å². The molecule has 0 saturated carbocycles. The third-order valence-corrected chi connectivity index (χ3v) is 5.15. The summed E-state index contributed by atoms with van der Waals surface area (Å²) >= 11 is 1.34. The zero-order valence-corrected chi connectivity index (χ0v) is 15.7. The van der Waals surface area contributed by atoms with Crippen molar-refractivity contribution in [2.24, 2.45) is 0 Å². The minimum absolute atomic E-state index is 0.153. The molecule has 1 amide bonds. The molecule has 0 radical (unpaired) electrons. The van der Waals surface area contributed by atoms with E-state index in [4.69, 9.17) is 4.74 Å². The number of pyridine rings is 1. The largest absolute Gasteiger partial charge is 0.496 e. The molecular weight excluding hydrogens is 352 g/mol. The highest BCUT2D eigenvalue weighted by Crippen LogP contribution is 2.21. The summed E-state index contributed by atoms with van der Waals surface area (Å²) in [6.45, 7) is 4.39. The van der Waals surface area contributed by atoms with Gasteiger partial charge < -0.3 is 19.2 Å². The molecule has 0 spiro atoms. The van der Waals surface area contributed by atoms with Crippen LogP contribution in [0, 0.1) is 13.8 Å². The van der Waals surface area contributed by atoms with Crippen LogP contribution < -0.4 is 15.6 Å². The number of methoxy groups -OCH3 is 1. The molecule has 0 saturated heterocycles. The molecule has 3 heterocycles. The van der Waals surface area contributed by atoms with Crippen LogP contribution in [-0.2, 0) is 6.54 Å². The maximum absolute atomic E-state index is 12.5. The van der Waals surface area contributed by atoms with E-state index in [1.165, 1.54) is 24.5 Å². The Morgan fingerprint density at radius 1 is 1.27 bits per heavy atom. The maximum atomic E-state index is 12.5. The zero-order chi connectivity index (χ0) is 18.7. The van der Waals surface area contributed by atoms with E-state index in [-0.39, 0.29) is 11.5 Å². The van der Waals surface area contributed by atoms with E-state index < -0.39 is 0 Å². The molecule has 26 heavy (non-hydrogen) atoms. The predicted molar refractivity (Wildman–Crippen MR) is 101 cm³/mol. The first-order chi connectivity index (χ1) is 12.5. The van der Waals surface area contributed by atoms with Gasteiger partial charge in [-0.1, -0.05) is 11.3 Å². The highest BCUT2D eigenvalue weighted by Gasteiger charge is 2.15. The van der Waals surface area contributed by atoms with Crippen molar-refractivity contribution in [1.82, 2.24) is 19.4 Å². The summed E-state index contributed by atoms with van der Waals surface area (Å²) in [6.07, 6.45) is 3.78. The Hall–Kier alpha value is -2.87. The van der Waals surface area contributed by atoms with Gasteiger partial charge in [0.15, 0.2) is 5.13 Å². The van der Waals surface area contributed by atoms with Crippen molar-refractivity contribution in [3.63, 3.8) is 0 Å². The molecule has 0 fully saturated rings. The quantitative estimate of drug-likeness (QED) is 0.719. The Balaban J connectivity index is 1.66. The standard InChI is InChI=1S/C18H20N4O3S/c1-12-10-14(25-3)11-15(23)22(12)9-6-19-17(24)16-13(2)20-18(26-16)21-7-4-5-8-21/h4-5,7-8,10-11H,6,9H2,1-3H3,(H,19,24). The third kappa shape index (κ3) is 3.70. The molecule has 7 nitrogen and oxygen atoms in total. The summed E-state index contributed by atoms with van der Waals surface area (Å²) in [5.41, 5.74) is 1.32. The number of amides is 1. The Kier molecular flexibility index (Phi) is 5.22. The van der Waals surface area contributed by atoms with E-state index in [0.29, 0.717) is 29.4 Å². The number of rotatable bonds is 6. The average molecular weight is 372 g/mol. The van der Waals surface area contributed by atoms with Crippen LogP contribution >= 0.6 is 11.3 Å². The van der Waals surface area contributed by atoms with Gasteiger partial charge in [-0.25, -0.2) is 4.98 Å². The normalized spacial score (nSPS) is 10.7. The smallest absolute Gasteiger partial charge is 0.263 e. The van der Waals surface area contributed by atoms with Crippen LogP contribution in [-0.4, -0.2) is 33.7 Å². The predicted octanol–water partition coefficient (Wildman–Crippen LogP) is 2.15. The minimum Gasteiger partial charge on any atom is -0.496 e. The summed E-state index contributed by atoms with van der Waals surface area (Å²) in [6, 6.07) is 7.04. The number of carbonyl (C=O) groups excluding carboxylic acids is 1. The summed E-state index contributed by atoms with van der Waals surface area (Å²) < 4.78 is 8.56. The SMILES string of the molecule is COc1cc(C)n(CCNC(=O)c2sc(-n3cccc3)nc2C)c(=O)c1. The highest BCUT2D eigenvalue weighted by molar-refractivity contribution is 7.16. The highest BCUT2D eigenvalue weighted by atomic mass is 32.1. The fourth-order valence-electron chi connectivity index (χ4n) is 2.63. The van der Waals surface area contributed by atoms with Crippen LogP contribution in [0.1, 0.15) is 21.1 Å². The second kappa shape index (κ2) is 7.57. The van der Waals surface area contributed by atoms with E-state index in [1.807, 2.05) is 42.9 Å². The van der Waals surface area contributed by atoms with E-state index in [2.05, 4.69) is 10.3 Å². The number of nitrogens with one attached hydrogen (secondary N) is 1. The monoisotopic (exact) mass is 372 g/mol. The van der Waals surface area contributed by atoms with Crippen LogP contribution in [0.5, 0.6) is 5.75 Å². The topological polar surface area (TPSA) is 78.2 Å². The van der Waals surface area contributed by atoms with Gasteiger partial charge in [-0.2, -0.15) is 0 Å². The van der Waals surface area contributed by atoms with Crippen LogP contribution in [0.25, 0.3) is 5.13 Å². The number of carbonyl (C=O) groups is 1. The Morgan fingerprint density at radius 3 is 2.65 bits per heavy atom. The summed E-state index contributed by atoms with van der Waals surface area (Å²) in [4.78, 5) is 29.6. The zero-order valence-electron chi connectivity index (χ0n) is 14.9. The Labute approximate surface area is 154 Å². The number of hydrogen-bond acceptors (Lipinski definition) is 5. The van der Waals surface area contributed by atoms with Crippen molar-refractivity contribution in [1.29, 1.82) is 0 Å². The molecule has 0 atom stereocenters. The molecule has 3 aromatic rings. The van der Waals surface area contributed by atoms with Crippen molar-refractivity contribution < 1.29 is 9.53 Å². The average Bonchev–Trinajstić information content (AvgIpc) is 3.26. The van der Waals surface area contributed by atoms with E-state index in [9.17, 15) is 9.59 Å². The van der Waals surface area contributed by atoms with E-state index in [1.54, 1.807) is 10.6 Å². The van der Waals surface area contributed by atoms with Gasteiger partial charge in [-0.05, 0) is 32.0 Å². The second-order valence-corrected chi connectivity index (χ2v) is 6.76. The number of aryl methyl sites for hydroxylation is 2. The minimum atomic E-state index is -0.183. The summed E-state index contributed by atoms with van der Waals surface area (Å²) in [5, 5.41) is 3.61. The molecule has 8 heteroatoms. The summed E-state index contributed by atoms with van der Waals surface area (Å²) in [5.74, 6) is 0.350. The molecule has 0 aliphatic rings.